The monoisotopic (exact) mass is 421 g/mol. The Morgan fingerprint density at radius 2 is 1.68 bits per heavy atom. The quantitative estimate of drug-likeness (QED) is 0.777. The Morgan fingerprint density at radius 3 is 2.29 bits per heavy atom. The minimum Gasteiger partial charge on any atom is -0.448 e. The van der Waals surface area contributed by atoms with Crippen molar-refractivity contribution in [2.45, 2.75) is 37.8 Å². The number of carbonyl (C=O) groups is 3. The minimum atomic E-state index is -0.664. The molecule has 1 saturated heterocycles. The van der Waals surface area contributed by atoms with E-state index in [0.717, 1.165) is 17.5 Å². The van der Waals surface area contributed by atoms with Crippen molar-refractivity contribution in [1.29, 1.82) is 0 Å². The first-order valence-electron chi connectivity index (χ1n) is 10.6. The molecular weight excluding hydrogens is 394 g/mol. The number of carbonyl (C=O) groups excluding carboxylic acids is 3. The number of hydrogen-bond acceptors (Lipinski definition) is 4. The van der Waals surface area contributed by atoms with E-state index >= 15 is 0 Å². The Bertz CT molecular complexity index is 960. The van der Waals surface area contributed by atoms with Crippen LogP contribution in [0.2, 0.25) is 0 Å². The highest BCUT2D eigenvalue weighted by Gasteiger charge is 2.37. The van der Waals surface area contributed by atoms with Gasteiger partial charge in [-0.2, -0.15) is 0 Å². The van der Waals surface area contributed by atoms with Crippen LogP contribution >= 0.6 is 0 Å². The number of likely N-dealkylation sites (N-methyl/N-ethyl adjacent to an activating group) is 1. The molecule has 0 radical (unpaired) electrons. The van der Waals surface area contributed by atoms with Gasteiger partial charge in [-0.25, -0.2) is 4.79 Å². The first kappa shape index (κ1) is 20.9. The number of hydrogen-bond donors (Lipinski definition) is 2. The topological polar surface area (TPSA) is 87.7 Å². The number of rotatable bonds is 5. The van der Waals surface area contributed by atoms with Crippen molar-refractivity contribution < 1.29 is 19.1 Å². The van der Waals surface area contributed by atoms with Crippen molar-refractivity contribution >= 4 is 17.9 Å². The highest BCUT2D eigenvalue weighted by atomic mass is 16.6. The largest absolute Gasteiger partial charge is 0.448 e. The van der Waals surface area contributed by atoms with Gasteiger partial charge in [-0.05, 0) is 42.0 Å². The number of fused-ring (bicyclic) bond motifs is 3. The molecule has 0 saturated carbocycles. The summed E-state index contributed by atoms with van der Waals surface area (Å²) in [7, 11) is 1.52. The Labute approximate surface area is 181 Å². The zero-order chi connectivity index (χ0) is 22.0. The molecule has 162 valence electrons. The maximum atomic E-state index is 12.9. The number of ether oxygens (including phenoxy) is 1. The zero-order valence-electron chi connectivity index (χ0n) is 17.8. The molecule has 0 spiro atoms. The van der Waals surface area contributed by atoms with Gasteiger partial charge in [-0.3, -0.25) is 14.5 Å². The van der Waals surface area contributed by atoms with Gasteiger partial charge in [0.1, 0.15) is 18.7 Å². The maximum absolute atomic E-state index is 12.9. The zero-order valence-corrected chi connectivity index (χ0v) is 17.8. The molecule has 7 nitrogen and oxygen atoms in total. The van der Waals surface area contributed by atoms with Crippen LogP contribution < -0.4 is 10.6 Å². The molecule has 3 amide bonds. The van der Waals surface area contributed by atoms with Crippen LogP contribution in [-0.4, -0.2) is 55.1 Å². The Hall–Kier alpha value is -3.35. The molecule has 2 N–H and O–H groups in total. The standard InChI is InChI=1S/C24H27N3O4/c1-15(22(28)25-2)26-23(29)21-12-7-13-27(21)24(30)31-14-20-18-10-5-3-8-16(18)17-9-4-6-11-19(17)20/h3-6,8-11,15,20-21H,7,12-14H2,1-2H3,(H,25,28)(H,26,29)/t15-,21-/m1/s1. The first-order valence-corrected chi connectivity index (χ1v) is 10.6. The van der Waals surface area contributed by atoms with Crippen molar-refractivity contribution in [3.05, 3.63) is 59.7 Å². The van der Waals surface area contributed by atoms with Crippen molar-refractivity contribution in [3.8, 4) is 11.1 Å². The van der Waals surface area contributed by atoms with E-state index in [0.29, 0.717) is 13.0 Å². The average Bonchev–Trinajstić information content (AvgIpc) is 3.40. The molecule has 0 unspecified atom stereocenters. The summed E-state index contributed by atoms with van der Waals surface area (Å²) in [6.45, 7) is 2.29. The van der Waals surface area contributed by atoms with Gasteiger partial charge in [0, 0.05) is 19.5 Å². The molecule has 1 heterocycles. The third-order valence-electron chi connectivity index (χ3n) is 6.12. The summed E-state index contributed by atoms with van der Waals surface area (Å²) in [6, 6.07) is 15.0. The van der Waals surface area contributed by atoms with Crippen LogP contribution in [0.4, 0.5) is 4.79 Å². The molecule has 0 aromatic heterocycles. The van der Waals surface area contributed by atoms with E-state index in [9.17, 15) is 14.4 Å². The smallest absolute Gasteiger partial charge is 0.410 e. The van der Waals surface area contributed by atoms with Gasteiger partial charge in [0.2, 0.25) is 11.8 Å². The summed E-state index contributed by atoms with van der Waals surface area (Å²) in [4.78, 5) is 38.7. The van der Waals surface area contributed by atoms with E-state index < -0.39 is 18.2 Å². The second kappa shape index (κ2) is 8.79. The summed E-state index contributed by atoms with van der Waals surface area (Å²) in [5, 5.41) is 5.18. The molecule has 2 aromatic carbocycles. The van der Waals surface area contributed by atoms with E-state index in [2.05, 4.69) is 34.9 Å². The average molecular weight is 421 g/mol. The molecule has 7 heteroatoms. The van der Waals surface area contributed by atoms with Crippen LogP contribution in [0.5, 0.6) is 0 Å². The fourth-order valence-electron chi connectivity index (χ4n) is 4.53. The predicted molar refractivity (Wildman–Crippen MR) is 116 cm³/mol. The molecule has 0 bridgehead atoms. The summed E-state index contributed by atoms with van der Waals surface area (Å²) >= 11 is 0. The Morgan fingerprint density at radius 1 is 1.06 bits per heavy atom. The normalized spacial score (nSPS) is 18.1. The van der Waals surface area contributed by atoms with Gasteiger partial charge < -0.3 is 15.4 Å². The molecule has 2 atom stereocenters. The van der Waals surface area contributed by atoms with Crippen LogP contribution in [0.25, 0.3) is 11.1 Å². The second-order valence-electron chi connectivity index (χ2n) is 8.00. The van der Waals surface area contributed by atoms with Crippen LogP contribution in [0.3, 0.4) is 0 Å². The fraction of sp³-hybridized carbons (Fsp3) is 0.375. The van der Waals surface area contributed by atoms with E-state index in [4.69, 9.17) is 4.74 Å². The van der Waals surface area contributed by atoms with E-state index in [1.54, 1.807) is 6.92 Å². The third kappa shape index (κ3) is 4.00. The van der Waals surface area contributed by atoms with Crippen molar-refractivity contribution in [1.82, 2.24) is 15.5 Å². The molecule has 1 aliphatic carbocycles. The SMILES string of the molecule is CNC(=O)[C@@H](C)NC(=O)[C@H]1CCCN1C(=O)OCC1c2ccccc2-c2ccccc21. The molecule has 1 fully saturated rings. The number of benzene rings is 2. The van der Waals surface area contributed by atoms with Gasteiger partial charge in [-0.1, -0.05) is 48.5 Å². The van der Waals surface area contributed by atoms with Gasteiger partial charge >= 0.3 is 6.09 Å². The predicted octanol–water partition coefficient (Wildman–Crippen LogP) is 2.65. The summed E-state index contributed by atoms with van der Waals surface area (Å²) in [5.41, 5.74) is 4.62. The Balaban J connectivity index is 1.43. The van der Waals surface area contributed by atoms with E-state index in [1.807, 2.05) is 24.3 Å². The van der Waals surface area contributed by atoms with Gasteiger partial charge in [-0.15, -0.1) is 0 Å². The fourth-order valence-corrected chi connectivity index (χ4v) is 4.53. The van der Waals surface area contributed by atoms with Crippen LogP contribution in [0.1, 0.15) is 36.8 Å². The van der Waals surface area contributed by atoms with Gasteiger partial charge in [0.15, 0.2) is 0 Å². The minimum absolute atomic E-state index is 0.0282. The molecule has 1 aliphatic heterocycles. The van der Waals surface area contributed by atoms with Crippen molar-refractivity contribution in [3.63, 3.8) is 0 Å². The molecule has 4 rings (SSSR count). The number of amides is 3. The summed E-state index contributed by atoms with van der Waals surface area (Å²) in [5.74, 6) is -0.638. The molecule has 31 heavy (non-hydrogen) atoms. The lowest BCUT2D eigenvalue weighted by molar-refractivity contribution is -0.130. The van der Waals surface area contributed by atoms with Crippen molar-refractivity contribution in [2.24, 2.45) is 0 Å². The van der Waals surface area contributed by atoms with Crippen LogP contribution in [0.15, 0.2) is 48.5 Å². The summed E-state index contributed by atoms with van der Waals surface area (Å²) < 4.78 is 5.71. The highest BCUT2D eigenvalue weighted by Crippen LogP contribution is 2.44. The Kier molecular flexibility index (Phi) is 5.93. The molecule has 2 aliphatic rings. The maximum Gasteiger partial charge on any atom is 0.410 e. The second-order valence-corrected chi connectivity index (χ2v) is 8.00. The van der Waals surface area contributed by atoms with E-state index in [-0.39, 0.29) is 24.3 Å². The van der Waals surface area contributed by atoms with E-state index in [1.165, 1.54) is 23.1 Å². The van der Waals surface area contributed by atoms with Crippen LogP contribution in [0, 0.1) is 0 Å². The van der Waals surface area contributed by atoms with Gasteiger partial charge in [0.05, 0.1) is 0 Å². The third-order valence-corrected chi connectivity index (χ3v) is 6.12. The summed E-state index contributed by atoms with van der Waals surface area (Å²) in [6.07, 6.45) is 0.778. The lowest BCUT2D eigenvalue weighted by Crippen LogP contribution is -2.51. The number of nitrogens with one attached hydrogen (secondary N) is 2. The lowest BCUT2D eigenvalue weighted by atomic mass is 9.98. The van der Waals surface area contributed by atoms with Crippen LogP contribution in [-0.2, 0) is 14.3 Å². The van der Waals surface area contributed by atoms with Crippen molar-refractivity contribution in [2.75, 3.05) is 20.2 Å². The molecular formula is C24H27N3O4. The first-order chi connectivity index (χ1) is 15.0. The molecule has 2 aromatic rings. The lowest BCUT2D eigenvalue weighted by Gasteiger charge is -2.25. The number of nitrogens with zero attached hydrogens (tertiary/aromatic N) is 1. The highest BCUT2D eigenvalue weighted by molar-refractivity contribution is 5.91. The van der Waals surface area contributed by atoms with Gasteiger partial charge in [0.25, 0.3) is 0 Å². The number of likely N-dealkylation sites (tertiary alicyclic amines) is 1.